The molecule has 154 valence electrons. The summed E-state index contributed by atoms with van der Waals surface area (Å²) in [5.41, 5.74) is 3.59. The third-order valence-electron chi connectivity index (χ3n) is 4.89. The highest BCUT2D eigenvalue weighted by Gasteiger charge is 2.24. The van der Waals surface area contributed by atoms with Crippen LogP contribution in [0.1, 0.15) is 44.5 Å². The zero-order valence-electron chi connectivity index (χ0n) is 16.8. The zero-order valence-corrected chi connectivity index (χ0v) is 17.5. The van der Waals surface area contributed by atoms with Crippen molar-refractivity contribution in [2.24, 2.45) is 0 Å². The number of fused-ring (bicyclic) bond motifs is 1. The molecule has 0 atom stereocenters. The molecule has 4 rings (SSSR count). The van der Waals surface area contributed by atoms with Crippen LogP contribution in [0.3, 0.4) is 0 Å². The number of ketones is 1. The highest BCUT2D eigenvalue weighted by atomic mass is 35.5. The van der Waals surface area contributed by atoms with Crippen LogP contribution in [0.5, 0.6) is 11.5 Å². The number of aryl methyl sites for hydroxylation is 2. The Morgan fingerprint density at radius 1 is 1.13 bits per heavy atom. The predicted molar refractivity (Wildman–Crippen MR) is 113 cm³/mol. The number of ether oxygens (including phenoxy) is 2. The Morgan fingerprint density at radius 2 is 1.80 bits per heavy atom. The Kier molecular flexibility index (Phi) is 5.22. The van der Waals surface area contributed by atoms with Crippen molar-refractivity contribution in [1.82, 2.24) is 9.78 Å². The maximum absolute atomic E-state index is 13.0. The summed E-state index contributed by atoms with van der Waals surface area (Å²) in [4.78, 5) is 25.1. The summed E-state index contributed by atoms with van der Waals surface area (Å²) >= 11 is 6.50. The second-order valence-corrected chi connectivity index (χ2v) is 7.51. The molecule has 0 unspecified atom stereocenters. The van der Waals surface area contributed by atoms with E-state index in [2.05, 4.69) is 10.4 Å². The van der Waals surface area contributed by atoms with Gasteiger partial charge in [-0.1, -0.05) is 41.4 Å². The number of halogens is 1. The fourth-order valence-electron chi connectivity index (χ4n) is 3.30. The van der Waals surface area contributed by atoms with Gasteiger partial charge in [-0.25, -0.2) is 4.68 Å². The molecule has 1 aliphatic rings. The number of carbonyl (C=O) groups is 2. The largest absolute Gasteiger partial charge is 0.454 e. The van der Waals surface area contributed by atoms with Crippen molar-refractivity contribution in [3.05, 3.63) is 69.5 Å². The quantitative estimate of drug-likeness (QED) is 0.613. The maximum Gasteiger partial charge on any atom is 0.260 e. The molecule has 1 aromatic heterocycles. The summed E-state index contributed by atoms with van der Waals surface area (Å²) in [7, 11) is 0. The predicted octanol–water partition coefficient (Wildman–Crippen LogP) is 4.39. The Hall–Kier alpha value is -3.32. The van der Waals surface area contributed by atoms with Gasteiger partial charge in [-0.15, -0.1) is 0 Å². The molecule has 1 aliphatic heterocycles. The number of rotatable bonds is 5. The van der Waals surface area contributed by atoms with E-state index in [1.165, 1.54) is 6.92 Å². The lowest BCUT2D eigenvalue weighted by Gasteiger charge is -2.11. The number of benzene rings is 2. The molecule has 3 aromatic rings. The normalized spacial score (nSPS) is 12.1. The molecule has 0 bridgehead atoms. The second-order valence-electron chi connectivity index (χ2n) is 7.16. The Balaban J connectivity index is 1.62. The van der Waals surface area contributed by atoms with Gasteiger partial charge in [0.15, 0.2) is 17.3 Å². The van der Waals surface area contributed by atoms with E-state index in [1.54, 1.807) is 23.7 Å². The number of aromatic nitrogens is 2. The van der Waals surface area contributed by atoms with Crippen LogP contribution in [0.25, 0.3) is 0 Å². The first-order valence-electron chi connectivity index (χ1n) is 9.38. The lowest BCUT2D eigenvalue weighted by atomic mass is 10.1. The Morgan fingerprint density at radius 3 is 2.47 bits per heavy atom. The summed E-state index contributed by atoms with van der Waals surface area (Å²) in [6, 6.07) is 11.2. The van der Waals surface area contributed by atoms with E-state index in [9.17, 15) is 9.59 Å². The molecule has 30 heavy (non-hydrogen) atoms. The fraction of sp³-hybridized carbons (Fsp3) is 0.227. The highest BCUT2D eigenvalue weighted by Crippen LogP contribution is 2.37. The van der Waals surface area contributed by atoms with E-state index in [-0.39, 0.29) is 23.3 Å². The molecule has 0 saturated heterocycles. The lowest BCUT2D eigenvalue weighted by molar-refractivity contribution is 0.101. The van der Waals surface area contributed by atoms with E-state index in [1.807, 2.05) is 31.2 Å². The minimum atomic E-state index is -0.450. The first-order chi connectivity index (χ1) is 14.3. The van der Waals surface area contributed by atoms with Gasteiger partial charge < -0.3 is 14.8 Å². The number of nitrogens with zero attached hydrogens (tertiary/aromatic N) is 2. The van der Waals surface area contributed by atoms with Crippen LogP contribution in [0.4, 0.5) is 5.69 Å². The van der Waals surface area contributed by atoms with Crippen molar-refractivity contribution in [2.45, 2.75) is 27.3 Å². The summed E-state index contributed by atoms with van der Waals surface area (Å²) in [5, 5.41) is 7.42. The topological polar surface area (TPSA) is 82.5 Å². The Labute approximate surface area is 178 Å². The van der Waals surface area contributed by atoms with Gasteiger partial charge in [-0.3, -0.25) is 9.59 Å². The molecule has 0 spiro atoms. The lowest BCUT2D eigenvalue weighted by Crippen LogP contribution is -2.15. The van der Waals surface area contributed by atoms with Crippen LogP contribution in [0, 0.1) is 13.8 Å². The first-order valence-corrected chi connectivity index (χ1v) is 9.75. The van der Waals surface area contributed by atoms with Crippen LogP contribution in [0.15, 0.2) is 36.4 Å². The van der Waals surface area contributed by atoms with Crippen LogP contribution < -0.4 is 14.8 Å². The van der Waals surface area contributed by atoms with Gasteiger partial charge in [0.05, 0.1) is 23.5 Å². The van der Waals surface area contributed by atoms with Crippen molar-refractivity contribution < 1.29 is 19.1 Å². The number of Topliss-reactive ketones (excluding diaryl/α,β-unsaturated/α-hetero) is 1. The highest BCUT2D eigenvalue weighted by molar-refractivity contribution is 6.33. The molecule has 0 radical (unpaired) electrons. The molecule has 7 nitrogen and oxygen atoms in total. The second kappa shape index (κ2) is 7.84. The minimum Gasteiger partial charge on any atom is -0.454 e. The summed E-state index contributed by atoms with van der Waals surface area (Å²) in [5.74, 6) is 0.280. The van der Waals surface area contributed by atoms with Crippen molar-refractivity contribution in [2.75, 3.05) is 12.1 Å². The van der Waals surface area contributed by atoms with E-state index >= 15 is 0 Å². The molecular formula is C22H20ClN3O4. The molecule has 0 saturated carbocycles. The van der Waals surface area contributed by atoms with E-state index in [4.69, 9.17) is 21.1 Å². The van der Waals surface area contributed by atoms with Gasteiger partial charge in [0, 0.05) is 11.6 Å². The number of anilines is 1. The van der Waals surface area contributed by atoms with Crippen molar-refractivity contribution in [3.63, 3.8) is 0 Å². The van der Waals surface area contributed by atoms with Crippen LogP contribution in [-0.2, 0) is 6.54 Å². The molecule has 0 aliphatic carbocycles. The summed E-state index contributed by atoms with van der Waals surface area (Å²) in [6.45, 7) is 5.67. The third kappa shape index (κ3) is 3.76. The number of carbonyl (C=O) groups excluding carboxylic acids is 2. The minimum absolute atomic E-state index is 0.0702. The molecule has 0 fully saturated rings. The fourth-order valence-corrected chi connectivity index (χ4v) is 3.62. The maximum atomic E-state index is 13.0. The van der Waals surface area contributed by atoms with E-state index < -0.39 is 5.91 Å². The van der Waals surface area contributed by atoms with Gasteiger partial charge in [0.2, 0.25) is 6.79 Å². The van der Waals surface area contributed by atoms with Gasteiger partial charge in [0.25, 0.3) is 5.91 Å². The van der Waals surface area contributed by atoms with Gasteiger partial charge in [-0.05, 0) is 32.4 Å². The van der Waals surface area contributed by atoms with Crippen molar-refractivity contribution in [3.8, 4) is 11.5 Å². The van der Waals surface area contributed by atoms with Crippen molar-refractivity contribution >= 4 is 29.0 Å². The monoisotopic (exact) mass is 425 g/mol. The Bertz CT molecular complexity index is 1150. The van der Waals surface area contributed by atoms with E-state index in [0.717, 1.165) is 11.1 Å². The number of hydrogen-bond acceptors (Lipinski definition) is 5. The van der Waals surface area contributed by atoms with Crippen LogP contribution >= 0.6 is 11.6 Å². The average Bonchev–Trinajstić information content (AvgIpc) is 3.26. The van der Waals surface area contributed by atoms with Gasteiger partial charge >= 0.3 is 0 Å². The number of hydrogen-bond donors (Lipinski definition) is 1. The van der Waals surface area contributed by atoms with Crippen LogP contribution in [0.2, 0.25) is 5.15 Å². The molecule has 2 heterocycles. The first kappa shape index (κ1) is 20.0. The van der Waals surface area contributed by atoms with Crippen LogP contribution in [-0.4, -0.2) is 28.3 Å². The molecule has 2 aromatic carbocycles. The molecule has 1 N–H and O–H groups in total. The zero-order chi connectivity index (χ0) is 21.4. The standard InChI is InChI=1S/C22H20ClN3O4/c1-12-4-6-15(7-5-12)10-26-21(23)20(13(2)25-26)22(28)24-17-9-19-18(29-11-30-19)8-16(17)14(3)27/h4-9H,10-11H2,1-3H3,(H,24,28). The number of nitrogens with one attached hydrogen (secondary N) is 1. The third-order valence-corrected chi connectivity index (χ3v) is 5.27. The van der Waals surface area contributed by atoms with Gasteiger partial charge in [-0.2, -0.15) is 5.10 Å². The number of amides is 1. The average molecular weight is 426 g/mol. The van der Waals surface area contributed by atoms with Crippen molar-refractivity contribution in [1.29, 1.82) is 0 Å². The molecule has 8 heteroatoms. The molecular weight excluding hydrogens is 406 g/mol. The van der Waals surface area contributed by atoms with Gasteiger partial charge in [0.1, 0.15) is 5.15 Å². The summed E-state index contributed by atoms with van der Waals surface area (Å²) < 4.78 is 12.3. The molecule has 1 amide bonds. The smallest absolute Gasteiger partial charge is 0.260 e. The SMILES string of the molecule is CC(=O)c1cc2c(cc1NC(=O)c1c(C)nn(Cc3ccc(C)cc3)c1Cl)OCO2. The summed E-state index contributed by atoms with van der Waals surface area (Å²) in [6.07, 6.45) is 0. The van der Waals surface area contributed by atoms with E-state index in [0.29, 0.717) is 35.0 Å².